The van der Waals surface area contributed by atoms with Gasteiger partial charge < -0.3 is 5.73 Å². The van der Waals surface area contributed by atoms with E-state index in [1.807, 2.05) is 11.7 Å². The molecule has 0 radical (unpaired) electrons. The summed E-state index contributed by atoms with van der Waals surface area (Å²) in [5.74, 6) is 0.750. The molecule has 19 heavy (non-hydrogen) atoms. The van der Waals surface area contributed by atoms with Crippen molar-refractivity contribution < 1.29 is 0 Å². The van der Waals surface area contributed by atoms with Gasteiger partial charge in [-0.2, -0.15) is 5.10 Å². The van der Waals surface area contributed by atoms with Crippen LogP contribution in [-0.2, 0) is 13.5 Å². The van der Waals surface area contributed by atoms with Gasteiger partial charge in [0, 0.05) is 18.8 Å². The summed E-state index contributed by atoms with van der Waals surface area (Å²) in [6, 6.07) is 0.372. The predicted octanol–water partition coefficient (Wildman–Crippen LogP) is 3.27. The molecule has 1 fully saturated rings. The highest BCUT2D eigenvalue weighted by Gasteiger charge is 2.20. The zero-order valence-electron chi connectivity index (χ0n) is 12.8. The van der Waals surface area contributed by atoms with E-state index in [4.69, 9.17) is 5.73 Å². The minimum Gasteiger partial charge on any atom is -0.327 e. The molecule has 108 valence electrons. The topological polar surface area (TPSA) is 43.8 Å². The summed E-state index contributed by atoms with van der Waals surface area (Å²) in [7, 11) is 2.02. The van der Waals surface area contributed by atoms with Crippen LogP contribution in [-0.4, -0.2) is 15.8 Å². The fraction of sp³-hybridized carbons (Fsp3) is 0.812. The number of nitrogens with zero attached hydrogens (tertiary/aromatic N) is 2. The monoisotopic (exact) mass is 263 g/mol. The molecule has 2 rings (SSSR count). The van der Waals surface area contributed by atoms with Crippen molar-refractivity contribution in [2.24, 2.45) is 18.7 Å². The van der Waals surface area contributed by atoms with Crippen LogP contribution < -0.4 is 5.73 Å². The molecule has 3 heteroatoms. The first-order valence-electron chi connectivity index (χ1n) is 7.84. The van der Waals surface area contributed by atoms with Crippen molar-refractivity contribution in [3.8, 4) is 0 Å². The van der Waals surface area contributed by atoms with Crippen LogP contribution in [0.4, 0.5) is 0 Å². The fourth-order valence-electron chi connectivity index (χ4n) is 3.47. The third kappa shape index (κ3) is 3.59. The molecule has 1 heterocycles. The van der Waals surface area contributed by atoms with Gasteiger partial charge in [-0.1, -0.05) is 25.7 Å². The molecule has 1 aromatic rings. The first-order valence-corrected chi connectivity index (χ1v) is 7.84. The smallest absolute Gasteiger partial charge is 0.0628 e. The third-order valence-electron chi connectivity index (χ3n) is 4.89. The lowest BCUT2D eigenvalue weighted by Crippen LogP contribution is -2.30. The summed E-state index contributed by atoms with van der Waals surface area (Å²) < 4.78 is 1.99. The molecule has 0 aromatic carbocycles. The van der Waals surface area contributed by atoms with Gasteiger partial charge in [0.05, 0.1) is 5.69 Å². The lowest BCUT2D eigenvalue weighted by Gasteiger charge is -2.22. The second kappa shape index (κ2) is 6.56. The summed E-state index contributed by atoms with van der Waals surface area (Å²) >= 11 is 0. The number of aryl methyl sites for hydroxylation is 2. The highest BCUT2D eigenvalue weighted by atomic mass is 15.3. The Kier molecular flexibility index (Phi) is 5.03. The van der Waals surface area contributed by atoms with Crippen LogP contribution in [0.15, 0.2) is 0 Å². The largest absolute Gasteiger partial charge is 0.327 e. The van der Waals surface area contributed by atoms with Crippen LogP contribution in [0.1, 0.15) is 61.9 Å². The van der Waals surface area contributed by atoms with Gasteiger partial charge in [0.1, 0.15) is 0 Å². The molecule has 1 saturated carbocycles. The molecule has 0 amide bonds. The second-order valence-electron chi connectivity index (χ2n) is 6.23. The number of rotatable bonds is 4. The Bertz CT molecular complexity index is 400. The van der Waals surface area contributed by atoms with Gasteiger partial charge in [0.15, 0.2) is 0 Å². The van der Waals surface area contributed by atoms with Crippen LogP contribution in [0.25, 0.3) is 0 Å². The minimum absolute atomic E-state index is 0.372. The molecular weight excluding hydrogens is 234 g/mol. The van der Waals surface area contributed by atoms with Gasteiger partial charge in [-0.05, 0) is 51.0 Å². The van der Waals surface area contributed by atoms with Crippen molar-refractivity contribution >= 4 is 0 Å². The number of hydrogen-bond donors (Lipinski definition) is 1. The third-order valence-corrected chi connectivity index (χ3v) is 4.89. The summed E-state index contributed by atoms with van der Waals surface area (Å²) in [6.07, 6.45) is 10.4. The van der Waals surface area contributed by atoms with E-state index in [0.29, 0.717) is 6.04 Å². The lowest BCUT2D eigenvalue weighted by molar-refractivity contribution is 0.358. The Morgan fingerprint density at radius 1 is 1.21 bits per heavy atom. The average molecular weight is 263 g/mol. The first kappa shape index (κ1) is 14.6. The second-order valence-corrected chi connectivity index (χ2v) is 6.23. The van der Waals surface area contributed by atoms with Crippen LogP contribution in [0.5, 0.6) is 0 Å². The highest BCUT2D eigenvalue weighted by Crippen LogP contribution is 2.27. The van der Waals surface area contributed by atoms with E-state index in [1.165, 1.54) is 55.5 Å². The van der Waals surface area contributed by atoms with Gasteiger partial charge in [0.2, 0.25) is 0 Å². The Morgan fingerprint density at radius 2 is 1.84 bits per heavy atom. The van der Waals surface area contributed by atoms with Gasteiger partial charge in [-0.3, -0.25) is 4.68 Å². The van der Waals surface area contributed by atoms with Crippen LogP contribution >= 0.6 is 0 Å². The summed E-state index contributed by atoms with van der Waals surface area (Å²) in [6.45, 7) is 4.27. The Balaban J connectivity index is 1.90. The highest BCUT2D eigenvalue weighted by molar-refractivity contribution is 5.24. The molecule has 0 spiro atoms. The number of hydrogen-bond acceptors (Lipinski definition) is 2. The minimum atomic E-state index is 0.372. The Hall–Kier alpha value is -0.830. The van der Waals surface area contributed by atoms with Crippen LogP contribution in [0, 0.1) is 19.8 Å². The molecule has 1 unspecified atom stereocenters. The SMILES string of the molecule is Cc1nn(C)c(C)c1CCC(N)C1CCCCCC1. The maximum Gasteiger partial charge on any atom is 0.0628 e. The lowest BCUT2D eigenvalue weighted by atomic mass is 9.88. The van der Waals surface area contributed by atoms with E-state index in [-0.39, 0.29) is 0 Å². The van der Waals surface area contributed by atoms with Crippen molar-refractivity contribution in [1.82, 2.24) is 9.78 Å². The van der Waals surface area contributed by atoms with Crippen molar-refractivity contribution in [2.75, 3.05) is 0 Å². The van der Waals surface area contributed by atoms with Gasteiger partial charge in [-0.15, -0.1) is 0 Å². The standard InChI is InChI=1S/C16H29N3/c1-12-15(13(2)19(3)18-12)10-11-16(17)14-8-6-4-5-7-9-14/h14,16H,4-11,17H2,1-3H3. The molecule has 1 aliphatic carbocycles. The molecule has 1 aliphatic rings. The van der Waals surface area contributed by atoms with E-state index in [0.717, 1.165) is 18.8 Å². The number of nitrogens with two attached hydrogens (primary N) is 1. The molecule has 0 aliphatic heterocycles. The zero-order chi connectivity index (χ0) is 13.8. The Labute approximate surface area is 117 Å². The molecule has 2 N–H and O–H groups in total. The fourth-order valence-corrected chi connectivity index (χ4v) is 3.47. The molecule has 0 saturated heterocycles. The van der Waals surface area contributed by atoms with E-state index in [2.05, 4.69) is 18.9 Å². The van der Waals surface area contributed by atoms with Gasteiger partial charge in [-0.25, -0.2) is 0 Å². The Morgan fingerprint density at radius 3 is 2.37 bits per heavy atom. The van der Waals surface area contributed by atoms with Crippen molar-refractivity contribution in [2.45, 2.75) is 71.3 Å². The quantitative estimate of drug-likeness (QED) is 0.847. The normalized spacial score (nSPS) is 19.4. The van der Waals surface area contributed by atoms with E-state index in [1.54, 1.807) is 0 Å². The molecular formula is C16H29N3. The van der Waals surface area contributed by atoms with Crippen molar-refractivity contribution in [3.05, 3.63) is 17.0 Å². The predicted molar refractivity (Wildman–Crippen MR) is 80.2 cm³/mol. The maximum atomic E-state index is 6.45. The van der Waals surface area contributed by atoms with E-state index < -0.39 is 0 Å². The van der Waals surface area contributed by atoms with Crippen LogP contribution in [0.2, 0.25) is 0 Å². The van der Waals surface area contributed by atoms with Crippen LogP contribution in [0.3, 0.4) is 0 Å². The molecule has 3 nitrogen and oxygen atoms in total. The molecule has 0 bridgehead atoms. The van der Waals surface area contributed by atoms with Crippen molar-refractivity contribution in [1.29, 1.82) is 0 Å². The molecule has 1 atom stereocenters. The van der Waals surface area contributed by atoms with E-state index >= 15 is 0 Å². The summed E-state index contributed by atoms with van der Waals surface area (Å²) in [5, 5.41) is 4.49. The summed E-state index contributed by atoms with van der Waals surface area (Å²) in [5.41, 5.74) is 10.3. The van der Waals surface area contributed by atoms with Gasteiger partial charge in [0.25, 0.3) is 0 Å². The van der Waals surface area contributed by atoms with Crippen molar-refractivity contribution in [3.63, 3.8) is 0 Å². The average Bonchev–Trinajstić information content (AvgIpc) is 2.62. The first-order chi connectivity index (χ1) is 9.09. The molecule has 1 aromatic heterocycles. The maximum absolute atomic E-state index is 6.45. The summed E-state index contributed by atoms with van der Waals surface area (Å²) in [4.78, 5) is 0. The van der Waals surface area contributed by atoms with E-state index in [9.17, 15) is 0 Å². The number of aromatic nitrogens is 2. The van der Waals surface area contributed by atoms with Gasteiger partial charge >= 0.3 is 0 Å². The zero-order valence-corrected chi connectivity index (χ0v) is 12.8.